The zero-order valence-electron chi connectivity index (χ0n) is 20.0. The molecule has 3 N–H and O–H groups in total. The summed E-state index contributed by atoms with van der Waals surface area (Å²) in [5.41, 5.74) is 2.10. The van der Waals surface area contributed by atoms with E-state index in [4.69, 9.17) is 0 Å². The number of alkyl halides is 1. The Hall–Kier alpha value is -3.64. The number of fused-ring (bicyclic) bond motifs is 2. The molecular weight excluding hydrogens is 443 g/mol. The summed E-state index contributed by atoms with van der Waals surface area (Å²) in [7, 11) is 0. The minimum absolute atomic E-state index is 0.131. The van der Waals surface area contributed by atoms with Crippen LogP contribution in [0.4, 0.5) is 10.1 Å². The molecular formula is C29H29FN2O3. The number of benzene rings is 3. The normalized spacial score (nSPS) is 21.0. The molecule has 1 aromatic heterocycles. The van der Waals surface area contributed by atoms with Crippen LogP contribution in [-0.4, -0.2) is 27.1 Å². The van der Waals surface area contributed by atoms with Crippen molar-refractivity contribution in [1.29, 1.82) is 0 Å². The second-order valence-corrected chi connectivity index (χ2v) is 10.2. The van der Waals surface area contributed by atoms with Gasteiger partial charge in [0.05, 0.1) is 11.6 Å². The van der Waals surface area contributed by atoms with E-state index in [2.05, 4.69) is 5.32 Å². The van der Waals surface area contributed by atoms with Crippen LogP contribution in [0.2, 0.25) is 0 Å². The number of phenols is 1. The van der Waals surface area contributed by atoms with Crippen LogP contribution >= 0.6 is 0 Å². The first kappa shape index (κ1) is 23.1. The van der Waals surface area contributed by atoms with E-state index in [1.54, 1.807) is 22.8 Å². The van der Waals surface area contributed by atoms with Gasteiger partial charge in [-0.3, -0.25) is 9.36 Å². The predicted octanol–water partition coefficient (Wildman–Crippen LogP) is 5.54. The first-order valence-corrected chi connectivity index (χ1v) is 11.7. The number of aromatic nitrogens is 1. The van der Waals surface area contributed by atoms with Crippen LogP contribution in [0.25, 0.3) is 16.6 Å². The van der Waals surface area contributed by atoms with Crippen molar-refractivity contribution in [2.45, 2.75) is 44.2 Å². The van der Waals surface area contributed by atoms with E-state index in [9.17, 15) is 19.4 Å². The molecule has 0 radical (unpaired) electrons. The van der Waals surface area contributed by atoms with Crippen molar-refractivity contribution in [2.24, 2.45) is 0 Å². The minimum atomic E-state index is -1.68. The maximum Gasteiger partial charge on any atom is 0.255 e. The number of nitrogens with zero attached hydrogens (tertiary/aromatic N) is 1. The van der Waals surface area contributed by atoms with Gasteiger partial charge in [-0.15, -0.1) is 0 Å². The Morgan fingerprint density at radius 3 is 2.46 bits per heavy atom. The van der Waals surface area contributed by atoms with Gasteiger partial charge in [0, 0.05) is 28.4 Å². The van der Waals surface area contributed by atoms with Gasteiger partial charge in [0.2, 0.25) is 0 Å². The van der Waals surface area contributed by atoms with Gasteiger partial charge < -0.3 is 15.5 Å². The molecule has 35 heavy (non-hydrogen) atoms. The van der Waals surface area contributed by atoms with Crippen LogP contribution in [0.15, 0.2) is 77.6 Å². The molecule has 2 atom stereocenters. The molecule has 0 amide bonds. The molecule has 1 aliphatic carbocycles. The lowest BCUT2D eigenvalue weighted by atomic mass is 9.64. The van der Waals surface area contributed by atoms with Crippen LogP contribution in [0.3, 0.4) is 0 Å². The SMILES string of the molecule is Cc1ccc(-n2c(=O)ccc3c(NC4c5cccc(O)c5C(C)(C)CC4(O)CF)cccc32)cc1. The Bertz CT molecular complexity index is 1480. The van der Waals surface area contributed by atoms with Crippen molar-refractivity contribution in [3.8, 4) is 11.4 Å². The topological polar surface area (TPSA) is 74.5 Å². The second kappa shape index (κ2) is 8.24. The number of aliphatic hydroxyl groups is 1. The largest absolute Gasteiger partial charge is 0.508 e. The number of aryl methyl sites for hydroxylation is 1. The van der Waals surface area contributed by atoms with Crippen LogP contribution in [0.5, 0.6) is 5.75 Å². The van der Waals surface area contributed by atoms with Crippen molar-refractivity contribution in [2.75, 3.05) is 12.0 Å². The van der Waals surface area contributed by atoms with Gasteiger partial charge in [-0.25, -0.2) is 4.39 Å². The molecule has 6 heteroatoms. The van der Waals surface area contributed by atoms with Crippen LogP contribution in [0.1, 0.15) is 43.0 Å². The van der Waals surface area contributed by atoms with E-state index in [-0.39, 0.29) is 17.7 Å². The Kier molecular flexibility index (Phi) is 5.44. The number of halogens is 1. The third-order valence-corrected chi connectivity index (χ3v) is 7.11. The van der Waals surface area contributed by atoms with E-state index < -0.39 is 23.7 Å². The molecule has 5 nitrogen and oxygen atoms in total. The third kappa shape index (κ3) is 3.78. The number of aromatic hydroxyl groups is 1. The molecule has 0 fully saturated rings. The van der Waals surface area contributed by atoms with Crippen LogP contribution < -0.4 is 10.9 Å². The van der Waals surface area contributed by atoms with E-state index in [0.717, 1.165) is 16.6 Å². The molecule has 0 aliphatic heterocycles. The van der Waals surface area contributed by atoms with E-state index in [1.807, 2.05) is 69.3 Å². The number of anilines is 1. The molecule has 0 saturated carbocycles. The van der Waals surface area contributed by atoms with Gasteiger partial charge in [0.15, 0.2) is 0 Å². The van der Waals surface area contributed by atoms with Gasteiger partial charge in [-0.05, 0) is 60.7 Å². The number of hydrogen-bond acceptors (Lipinski definition) is 4. The lowest BCUT2D eigenvalue weighted by Gasteiger charge is -2.47. The molecule has 2 unspecified atom stereocenters. The average molecular weight is 473 g/mol. The summed E-state index contributed by atoms with van der Waals surface area (Å²) in [6, 6.07) is 20.9. The molecule has 5 rings (SSSR count). The lowest BCUT2D eigenvalue weighted by molar-refractivity contribution is -0.0347. The third-order valence-electron chi connectivity index (χ3n) is 7.11. The Balaban J connectivity index is 1.68. The molecule has 1 aliphatic rings. The van der Waals surface area contributed by atoms with Crippen molar-refractivity contribution >= 4 is 16.6 Å². The average Bonchev–Trinajstić information content (AvgIpc) is 2.82. The van der Waals surface area contributed by atoms with Gasteiger partial charge in [0.25, 0.3) is 5.56 Å². The number of pyridine rings is 1. The Morgan fingerprint density at radius 2 is 1.74 bits per heavy atom. The quantitative estimate of drug-likeness (QED) is 0.365. The zero-order chi connectivity index (χ0) is 25.0. The van der Waals surface area contributed by atoms with Gasteiger partial charge in [-0.2, -0.15) is 0 Å². The van der Waals surface area contributed by atoms with E-state index in [1.165, 1.54) is 6.07 Å². The highest BCUT2D eigenvalue weighted by atomic mass is 19.1. The van der Waals surface area contributed by atoms with Crippen molar-refractivity contribution in [3.63, 3.8) is 0 Å². The fraction of sp³-hybridized carbons (Fsp3) is 0.276. The van der Waals surface area contributed by atoms with Crippen molar-refractivity contribution < 1.29 is 14.6 Å². The van der Waals surface area contributed by atoms with Crippen molar-refractivity contribution in [1.82, 2.24) is 4.57 Å². The smallest absolute Gasteiger partial charge is 0.255 e. The first-order chi connectivity index (χ1) is 16.6. The summed E-state index contributed by atoms with van der Waals surface area (Å²) in [4.78, 5) is 12.9. The van der Waals surface area contributed by atoms with E-state index in [0.29, 0.717) is 22.3 Å². The molecule has 0 bridgehead atoms. The molecule has 0 saturated heterocycles. The summed E-state index contributed by atoms with van der Waals surface area (Å²) in [5.74, 6) is 0.131. The zero-order valence-corrected chi connectivity index (χ0v) is 20.0. The molecule has 4 aromatic rings. The highest BCUT2D eigenvalue weighted by Gasteiger charge is 2.50. The molecule has 180 valence electrons. The maximum atomic E-state index is 14.4. The standard InChI is InChI=1S/C29H29FN2O3/c1-18-10-12-19(13-11-18)32-23-8-5-7-22(20(23)14-15-25(32)34)31-27-21-6-4-9-24(33)26(21)28(2,3)16-29(27,35)17-30/h4-15,27,31,33,35H,16-17H2,1-3H3. The predicted molar refractivity (Wildman–Crippen MR) is 137 cm³/mol. The Morgan fingerprint density at radius 1 is 1.03 bits per heavy atom. The summed E-state index contributed by atoms with van der Waals surface area (Å²) < 4.78 is 16.1. The van der Waals surface area contributed by atoms with Crippen LogP contribution in [-0.2, 0) is 5.41 Å². The fourth-order valence-corrected chi connectivity index (χ4v) is 5.63. The van der Waals surface area contributed by atoms with Crippen molar-refractivity contribution in [3.05, 3.63) is 99.8 Å². The van der Waals surface area contributed by atoms with Gasteiger partial charge in [-0.1, -0.05) is 49.7 Å². The number of phenolic OH excluding ortho intramolecular Hbond substituents is 1. The maximum absolute atomic E-state index is 14.4. The Labute approximate surface area is 203 Å². The number of hydrogen-bond donors (Lipinski definition) is 3. The fourth-order valence-electron chi connectivity index (χ4n) is 5.63. The van der Waals surface area contributed by atoms with Gasteiger partial charge in [0.1, 0.15) is 18.0 Å². The molecule has 3 aromatic carbocycles. The monoisotopic (exact) mass is 472 g/mol. The molecule has 0 spiro atoms. The highest BCUT2D eigenvalue weighted by Crippen LogP contribution is 2.51. The number of nitrogens with one attached hydrogen (secondary N) is 1. The minimum Gasteiger partial charge on any atom is -0.508 e. The number of rotatable bonds is 4. The van der Waals surface area contributed by atoms with E-state index >= 15 is 0 Å². The van der Waals surface area contributed by atoms with Gasteiger partial charge >= 0.3 is 0 Å². The summed E-state index contributed by atoms with van der Waals surface area (Å²) in [6.07, 6.45) is 0.136. The summed E-state index contributed by atoms with van der Waals surface area (Å²) in [6.45, 7) is 4.86. The molecule has 1 heterocycles. The highest BCUT2D eigenvalue weighted by molar-refractivity contribution is 5.92. The second-order valence-electron chi connectivity index (χ2n) is 10.2. The first-order valence-electron chi connectivity index (χ1n) is 11.7. The summed E-state index contributed by atoms with van der Waals surface area (Å²) >= 11 is 0. The van der Waals surface area contributed by atoms with Crippen LogP contribution in [0, 0.1) is 6.92 Å². The lowest BCUT2D eigenvalue weighted by Crippen LogP contribution is -2.51. The summed E-state index contributed by atoms with van der Waals surface area (Å²) in [5, 5.41) is 26.3.